The van der Waals surface area contributed by atoms with Gasteiger partial charge in [0.15, 0.2) is 10.2 Å². The van der Waals surface area contributed by atoms with Crippen LogP contribution in [0.1, 0.15) is 16.7 Å². The lowest BCUT2D eigenvalue weighted by atomic mass is 10.1. The smallest absolute Gasteiger partial charge is 0.234 e. The Kier molecular flexibility index (Phi) is 5.50. The zero-order chi connectivity index (χ0) is 17.8. The zero-order valence-corrected chi connectivity index (χ0v) is 16.0. The first-order valence-electron chi connectivity index (χ1n) is 7.92. The molecule has 0 aliphatic rings. The van der Waals surface area contributed by atoms with Gasteiger partial charge in [-0.3, -0.25) is 4.79 Å². The molecule has 0 fully saturated rings. The van der Waals surface area contributed by atoms with E-state index in [1.807, 2.05) is 63.2 Å². The highest BCUT2D eigenvalue weighted by atomic mass is 32.2. The Morgan fingerprint density at radius 2 is 1.92 bits per heavy atom. The Bertz CT molecular complexity index is 905. The number of hydrogen-bond acceptors (Lipinski definition) is 5. The SMILES string of the molecule is Cc1ccc(C)c(NC(=O)CSc2nc(-c3ccccc3C)ns2)c1. The molecule has 1 heterocycles. The van der Waals surface area contributed by atoms with E-state index in [0.29, 0.717) is 5.75 Å². The van der Waals surface area contributed by atoms with Crippen molar-refractivity contribution in [2.45, 2.75) is 25.1 Å². The number of benzene rings is 2. The molecule has 4 nitrogen and oxygen atoms in total. The van der Waals surface area contributed by atoms with Gasteiger partial charge in [-0.25, -0.2) is 4.98 Å². The fraction of sp³-hybridized carbons (Fsp3) is 0.211. The summed E-state index contributed by atoms with van der Waals surface area (Å²) in [6.07, 6.45) is 0. The molecule has 1 aromatic heterocycles. The summed E-state index contributed by atoms with van der Waals surface area (Å²) in [5.74, 6) is 1.00. The van der Waals surface area contributed by atoms with Gasteiger partial charge in [0, 0.05) is 11.3 Å². The van der Waals surface area contributed by atoms with Crippen LogP contribution in [0.5, 0.6) is 0 Å². The molecule has 0 aliphatic heterocycles. The van der Waals surface area contributed by atoms with Crippen molar-refractivity contribution in [2.75, 3.05) is 11.1 Å². The molecule has 0 saturated carbocycles. The van der Waals surface area contributed by atoms with Crippen LogP contribution in [-0.4, -0.2) is 21.0 Å². The molecular formula is C19H19N3OS2. The Morgan fingerprint density at radius 1 is 1.12 bits per heavy atom. The summed E-state index contributed by atoms with van der Waals surface area (Å²) in [5, 5.41) is 2.97. The standard InChI is InChI=1S/C19H19N3OS2/c1-12-8-9-14(3)16(10-12)20-17(23)11-24-19-21-18(22-25-19)15-7-5-4-6-13(15)2/h4-10H,11H2,1-3H3,(H,20,23). The number of anilines is 1. The summed E-state index contributed by atoms with van der Waals surface area (Å²) in [4.78, 5) is 16.7. The van der Waals surface area contributed by atoms with E-state index in [4.69, 9.17) is 0 Å². The van der Waals surface area contributed by atoms with Crippen molar-refractivity contribution in [1.82, 2.24) is 9.36 Å². The molecule has 1 N–H and O–H groups in total. The monoisotopic (exact) mass is 369 g/mol. The van der Waals surface area contributed by atoms with Crippen LogP contribution >= 0.6 is 23.3 Å². The number of rotatable bonds is 5. The van der Waals surface area contributed by atoms with Crippen molar-refractivity contribution >= 4 is 34.9 Å². The fourth-order valence-electron chi connectivity index (χ4n) is 2.39. The van der Waals surface area contributed by atoms with Crippen LogP contribution < -0.4 is 5.32 Å². The van der Waals surface area contributed by atoms with E-state index in [2.05, 4.69) is 14.7 Å². The first-order chi connectivity index (χ1) is 12.0. The number of carbonyl (C=O) groups excluding carboxylic acids is 1. The molecule has 0 unspecified atom stereocenters. The first kappa shape index (κ1) is 17.6. The second kappa shape index (κ2) is 7.80. The number of nitrogens with one attached hydrogen (secondary N) is 1. The molecule has 0 spiro atoms. The Hall–Kier alpha value is -2.18. The van der Waals surface area contributed by atoms with Crippen LogP contribution in [0, 0.1) is 20.8 Å². The van der Waals surface area contributed by atoms with Gasteiger partial charge in [0.2, 0.25) is 5.91 Å². The maximum atomic E-state index is 12.2. The third-order valence-corrected chi connectivity index (χ3v) is 5.62. The molecule has 6 heteroatoms. The normalized spacial score (nSPS) is 10.7. The van der Waals surface area contributed by atoms with Crippen LogP contribution in [0.25, 0.3) is 11.4 Å². The van der Waals surface area contributed by atoms with Crippen LogP contribution in [0.15, 0.2) is 46.8 Å². The van der Waals surface area contributed by atoms with Crippen molar-refractivity contribution in [2.24, 2.45) is 0 Å². The minimum atomic E-state index is -0.0358. The molecule has 1 amide bonds. The molecule has 0 saturated heterocycles. The van der Waals surface area contributed by atoms with Crippen molar-refractivity contribution < 1.29 is 4.79 Å². The van der Waals surface area contributed by atoms with Gasteiger partial charge < -0.3 is 5.32 Å². The van der Waals surface area contributed by atoms with Crippen LogP contribution in [-0.2, 0) is 4.79 Å². The van der Waals surface area contributed by atoms with Gasteiger partial charge in [-0.15, -0.1) is 0 Å². The van der Waals surface area contributed by atoms with Crippen molar-refractivity contribution in [3.63, 3.8) is 0 Å². The molecule has 0 atom stereocenters. The van der Waals surface area contributed by atoms with E-state index in [0.717, 1.165) is 38.1 Å². The van der Waals surface area contributed by atoms with Crippen LogP contribution in [0.4, 0.5) is 5.69 Å². The van der Waals surface area contributed by atoms with Crippen molar-refractivity contribution in [1.29, 1.82) is 0 Å². The average molecular weight is 370 g/mol. The second-order valence-corrected chi connectivity index (χ2v) is 7.83. The minimum Gasteiger partial charge on any atom is -0.325 e. The average Bonchev–Trinajstić information content (AvgIpc) is 3.05. The number of hydrogen-bond donors (Lipinski definition) is 1. The Morgan fingerprint density at radius 3 is 2.72 bits per heavy atom. The lowest BCUT2D eigenvalue weighted by molar-refractivity contribution is -0.113. The molecule has 3 aromatic rings. The highest BCUT2D eigenvalue weighted by Gasteiger charge is 2.11. The van der Waals surface area contributed by atoms with Crippen LogP contribution in [0.2, 0.25) is 0 Å². The summed E-state index contributed by atoms with van der Waals surface area (Å²) < 4.78 is 5.21. The van der Waals surface area contributed by atoms with Gasteiger partial charge in [-0.05, 0) is 55.1 Å². The number of carbonyl (C=O) groups is 1. The van der Waals surface area contributed by atoms with Gasteiger partial charge in [-0.2, -0.15) is 4.37 Å². The third-order valence-electron chi connectivity index (χ3n) is 3.79. The summed E-state index contributed by atoms with van der Waals surface area (Å²) >= 11 is 2.74. The lowest BCUT2D eigenvalue weighted by Crippen LogP contribution is -2.14. The second-order valence-electron chi connectivity index (χ2n) is 5.85. The van der Waals surface area contributed by atoms with E-state index < -0.39 is 0 Å². The predicted molar refractivity (Wildman–Crippen MR) is 105 cm³/mol. The van der Waals surface area contributed by atoms with Gasteiger partial charge >= 0.3 is 0 Å². The number of amides is 1. The third kappa shape index (κ3) is 4.46. The summed E-state index contributed by atoms with van der Waals surface area (Å²) in [6.45, 7) is 6.04. The largest absolute Gasteiger partial charge is 0.325 e. The molecule has 0 aliphatic carbocycles. The number of aromatic nitrogens is 2. The summed E-state index contributed by atoms with van der Waals surface area (Å²) in [5.41, 5.74) is 5.22. The number of aryl methyl sites for hydroxylation is 3. The topological polar surface area (TPSA) is 54.9 Å². The van der Waals surface area contributed by atoms with Crippen LogP contribution in [0.3, 0.4) is 0 Å². The zero-order valence-electron chi connectivity index (χ0n) is 14.4. The van der Waals surface area contributed by atoms with E-state index in [-0.39, 0.29) is 5.91 Å². The molecule has 2 aromatic carbocycles. The molecule has 0 bridgehead atoms. The van der Waals surface area contributed by atoms with Gasteiger partial charge in [0.25, 0.3) is 0 Å². The fourth-order valence-corrected chi connectivity index (χ4v) is 3.79. The first-order valence-corrected chi connectivity index (χ1v) is 9.68. The predicted octanol–water partition coefficient (Wildman–Crippen LogP) is 4.86. The van der Waals surface area contributed by atoms with Crippen molar-refractivity contribution in [3.05, 3.63) is 59.2 Å². The number of nitrogens with zero attached hydrogens (tertiary/aromatic N) is 2. The maximum Gasteiger partial charge on any atom is 0.234 e. The van der Waals surface area contributed by atoms with Gasteiger partial charge in [0.05, 0.1) is 5.75 Å². The molecule has 0 radical (unpaired) electrons. The lowest BCUT2D eigenvalue weighted by Gasteiger charge is -2.08. The Balaban J connectivity index is 1.61. The highest BCUT2D eigenvalue weighted by molar-refractivity contribution is 8.01. The minimum absolute atomic E-state index is 0.0358. The highest BCUT2D eigenvalue weighted by Crippen LogP contribution is 2.27. The number of thioether (sulfide) groups is 1. The van der Waals surface area contributed by atoms with E-state index in [1.165, 1.54) is 23.3 Å². The molecule has 128 valence electrons. The van der Waals surface area contributed by atoms with E-state index in [9.17, 15) is 4.79 Å². The summed E-state index contributed by atoms with van der Waals surface area (Å²) in [6, 6.07) is 14.1. The van der Waals surface area contributed by atoms with Gasteiger partial charge in [0.1, 0.15) is 0 Å². The Labute approximate surface area is 155 Å². The quantitative estimate of drug-likeness (QED) is 0.653. The molecule has 25 heavy (non-hydrogen) atoms. The molecule has 3 rings (SSSR count). The summed E-state index contributed by atoms with van der Waals surface area (Å²) in [7, 11) is 0. The van der Waals surface area contributed by atoms with Gasteiger partial charge in [-0.1, -0.05) is 48.2 Å². The van der Waals surface area contributed by atoms with E-state index in [1.54, 1.807) is 0 Å². The molecular weight excluding hydrogens is 350 g/mol. The van der Waals surface area contributed by atoms with Crippen molar-refractivity contribution in [3.8, 4) is 11.4 Å². The van der Waals surface area contributed by atoms with E-state index >= 15 is 0 Å². The maximum absolute atomic E-state index is 12.2.